The lowest BCUT2D eigenvalue weighted by Crippen LogP contribution is -2.40. The van der Waals surface area contributed by atoms with Crippen LogP contribution >= 0.6 is 0 Å². The molecule has 4 aromatic rings. The van der Waals surface area contributed by atoms with Crippen molar-refractivity contribution >= 4 is 17.5 Å². The highest BCUT2D eigenvalue weighted by atomic mass is 16.5. The number of carbonyl (C=O) groups is 1. The zero-order valence-corrected chi connectivity index (χ0v) is 25.2. The molecule has 3 aromatic carbocycles. The van der Waals surface area contributed by atoms with Gasteiger partial charge in [-0.3, -0.25) is 4.79 Å². The van der Waals surface area contributed by atoms with E-state index in [-0.39, 0.29) is 24.3 Å². The number of para-hydroxylation sites is 1. The smallest absolute Gasteiger partial charge is 0.407 e. The van der Waals surface area contributed by atoms with E-state index < -0.39 is 0 Å². The number of morpholine rings is 1. The second kappa shape index (κ2) is 13.1. The van der Waals surface area contributed by atoms with Gasteiger partial charge in [0.05, 0.1) is 18.9 Å². The van der Waals surface area contributed by atoms with Crippen molar-refractivity contribution in [2.75, 3.05) is 36.5 Å². The highest BCUT2D eigenvalue weighted by molar-refractivity contribution is 5.74. The van der Waals surface area contributed by atoms with Crippen LogP contribution in [0.5, 0.6) is 11.5 Å². The minimum atomic E-state index is -0.357. The Morgan fingerprint density at radius 2 is 1.69 bits per heavy atom. The Morgan fingerprint density at radius 1 is 0.889 bits per heavy atom. The molecule has 0 spiro atoms. The van der Waals surface area contributed by atoms with Crippen LogP contribution in [0.4, 0.5) is 16.2 Å². The van der Waals surface area contributed by atoms with Gasteiger partial charge in [-0.2, -0.15) is 0 Å². The summed E-state index contributed by atoms with van der Waals surface area (Å²) in [6.07, 6.45) is 4.11. The van der Waals surface area contributed by atoms with Crippen molar-refractivity contribution in [3.8, 4) is 22.8 Å². The number of benzene rings is 3. The number of carbonyl (C=O) groups excluding carboxylic acids is 1. The summed E-state index contributed by atoms with van der Waals surface area (Å²) in [6, 6.07) is 26.2. The van der Waals surface area contributed by atoms with E-state index in [1.54, 1.807) is 6.07 Å². The number of amides is 1. The van der Waals surface area contributed by atoms with Gasteiger partial charge in [0.15, 0.2) is 0 Å². The highest BCUT2D eigenvalue weighted by Gasteiger charge is 2.25. The second-order valence-electron chi connectivity index (χ2n) is 12.0. The molecule has 3 heterocycles. The van der Waals surface area contributed by atoms with Gasteiger partial charge in [0.2, 0.25) is 5.56 Å². The Kier molecular flexibility index (Phi) is 8.42. The first-order valence-electron chi connectivity index (χ1n) is 15.8. The summed E-state index contributed by atoms with van der Waals surface area (Å²) in [6.45, 7) is 3.11. The summed E-state index contributed by atoms with van der Waals surface area (Å²) in [5.74, 6) is 1.61. The molecule has 9 heteroatoms. The van der Waals surface area contributed by atoms with E-state index in [4.69, 9.17) is 14.2 Å². The molecule has 7 rings (SSSR count). The molecule has 0 bridgehead atoms. The van der Waals surface area contributed by atoms with Crippen molar-refractivity contribution in [3.63, 3.8) is 0 Å². The van der Waals surface area contributed by atoms with E-state index in [0.717, 1.165) is 96.0 Å². The number of alkyl carbamates (subject to hydrolysis) is 1. The number of anilines is 2. The maximum Gasteiger partial charge on any atom is 0.407 e. The van der Waals surface area contributed by atoms with Crippen molar-refractivity contribution in [2.24, 2.45) is 0 Å². The van der Waals surface area contributed by atoms with Gasteiger partial charge in [0, 0.05) is 60.2 Å². The Hall–Kier alpha value is -4.76. The molecule has 232 valence electrons. The summed E-state index contributed by atoms with van der Waals surface area (Å²) in [5.41, 5.74) is 6.64. The van der Waals surface area contributed by atoms with Crippen LogP contribution in [-0.4, -0.2) is 49.5 Å². The van der Waals surface area contributed by atoms with Crippen molar-refractivity contribution in [3.05, 3.63) is 106 Å². The van der Waals surface area contributed by atoms with Crippen LogP contribution in [0, 0.1) is 0 Å². The van der Waals surface area contributed by atoms with Crippen LogP contribution in [0.15, 0.2) is 83.7 Å². The van der Waals surface area contributed by atoms with Gasteiger partial charge in [0.1, 0.15) is 18.1 Å². The van der Waals surface area contributed by atoms with Crippen LogP contribution < -0.4 is 25.8 Å². The minimum Gasteiger partial charge on any atom is -0.456 e. The summed E-state index contributed by atoms with van der Waals surface area (Å²) in [7, 11) is 0. The van der Waals surface area contributed by atoms with E-state index in [0.29, 0.717) is 19.3 Å². The van der Waals surface area contributed by atoms with Gasteiger partial charge in [-0.15, -0.1) is 0 Å². The van der Waals surface area contributed by atoms with Crippen molar-refractivity contribution in [1.82, 2.24) is 10.3 Å². The molecule has 1 saturated carbocycles. The van der Waals surface area contributed by atoms with Gasteiger partial charge < -0.3 is 34.7 Å². The van der Waals surface area contributed by atoms with E-state index in [1.807, 2.05) is 54.6 Å². The lowest BCUT2D eigenvalue weighted by molar-refractivity contribution is 0.122. The fourth-order valence-corrected chi connectivity index (χ4v) is 6.51. The molecule has 45 heavy (non-hydrogen) atoms. The third-order valence-corrected chi connectivity index (χ3v) is 8.88. The molecular formula is C36H38N4O5. The SMILES string of the molecule is O=C(N[C@H]1CC[C@H](Nc2ccc3c(c2)Cc2cccc(-c4cc(N5CCOCC5)cc(=O)[nH]4)c2O3)CC1)OCc1ccccc1. The van der Waals surface area contributed by atoms with Crippen LogP contribution in [0.1, 0.15) is 42.4 Å². The maximum atomic E-state index is 12.6. The molecule has 1 aromatic heterocycles. The second-order valence-corrected chi connectivity index (χ2v) is 12.0. The number of fused-ring (bicyclic) bond motifs is 2. The van der Waals surface area contributed by atoms with E-state index in [2.05, 4.69) is 38.7 Å². The molecule has 1 amide bonds. The number of pyridine rings is 1. The van der Waals surface area contributed by atoms with Crippen LogP contribution in [0.3, 0.4) is 0 Å². The number of ether oxygens (including phenoxy) is 3. The van der Waals surface area contributed by atoms with Crippen LogP contribution in [-0.2, 0) is 22.5 Å². The predicted octanol–water partition coefficient (Wildman–Crippen LogP) is 6.22. The lowest BCUT2D eigenvalue weighted by atomic mass is 9.91. The molecule has 0 atom stereocenters. The molecule has 3 aliphatic rings. The zero-order chi connectivity index (χ0) is 30.6. The minimum absolute atomic E-state index is 0.124. The van der Waals surface area contributed by atoms with Gasteiger partial charge >= 0.3 is 6.09 Å². The standard InChI is InChI=1S/C36H38N4O5/c41-34-22-30(40-15-17-43-18-16-40)21-32(39-34)31-8-4-7-25-19-26-20-29(13-14-33(26)45-35(25)31)37-27-9-11-28(12-10-27)38-36(42)44-23-24-5-2-1-3-6-24/h1-8,13-14,20-22,27-28,37H,9-12,15-19,23H2,(H,38,42)(H,39,41)/t27-,28-. The number of aromatic amines is 1. The lowest BCUT2D eigenvalue weighted by Gasteiger charge is -2.30. The normalized spacial score (nSPS) is 19.1. The molecule has 2 fully saturated rings. The Bertz CT molecular complexity index is 1710. The quantitative estimate of drug-likeness (QED) is 0.202. The number of H-pyrrole nitrogens is 1. The first kappa shape index (κ1) is 29.0. The number of nitrogens with zero attached hydrogens (tertiary/aromatic N) is 1. The average molecular weight is 607 g/mol. The molecule has 1 aliphatic carbocycles. The number of rotatable bonds is 7. The topological polar surface area (TPSA) is 105 Å². The summed E-state index contributed by atoms with van der Waals surface area (Å²) >= 11 is 0. The molecule has 1 saturated heterocycles. The number of aromatic nitrogens is 1. The molecular weight excluding hydrogens is 568 g/mol. The molecule has 9 nitrogen and oxygen atoms in total. The fraction of sp³-hybridized carbons (Fsp3) is 0.333. The van der Waals surface area contributed by atoms with E-state index in [1.165, 1.54) is 0 Å². The fourth-order valence-electron chi connectivity index (χ4n) is 6.51. The first-order chi connectivity index (χ1) is 22.1. The monoisotopic (exact) mass is 606 g/mol. The predicted molar refractivity (Wildman–Crippen MR) is 174 cm³/mol. The van der Waals surface area contributed by atoms with Crippen molar-refractivity contribution < 1.29 is 19.0 Å². The number of nitrogens with one attached hydrogen (secondary N) is 3. The first-order valence-corrected chi connectivity index (χ1v) is 15.8. The highest BCUT2D eigenvalue weighted by Crippen LogP contribution is 2.43. The Morgan fingerprint density at radius 3 is 2.51 bits per heavy atom. The molecule has 0 radical (unpaired) electrons. The van der Waals surface area contributed by atoms with E-state index >= 15 is 0 Å². The number of hydrogen-bond donors (Lipinski definition) is 3. The summed E-state index contributed by atoms with van der Waals surface area (Å²) in [4.78, 5) is 30.2. The Labute approximate surface area is 262 Å². The van der Waals surface area contributed by atoms with Crippen LogP contribution in [0.25, 0.3) is 11.3 Å². The molecule has 2 aliphatic heterocycles. The van der Waals surface area contributed by atoms with Crippen molar-refractivity contribution in [2.45, 2.75) is 50.8 Å². The summed E-state index contributed by atoms with van der Waals surface area (Å²) < 4.78 is 17.4. The Balaban J connectivity index is 0.969. The summed E-state index contributed by atoms with van der Waals surface area (Å²) in [5, 5.41) is 6.73. The largest absolute Gasteiger partial charge is 0.456 e. The van der Waals surface area contributed by atoms with Gasteiger partial charge in [0.25, 0.3) is 0 Å². The third-order valence-electron chi connectivity index (χ3n) is 8.88. The van der Waals surface area contributed by atoms with Gasteiger partial charge in [-0.1, -0.05) is 42.5 Å². The zero-order valence-electron chi connectivity index (χ0n) is 25.2. The van der Waals surface area contributed by atoms with E-state index in [9.17, 15) is 9.59 Å². The van der Waals surface area contributed by atoms with Gasteiger partial charge in [-0.25, -0.2) is 4.79 Å². The van der Waals surface area contributed by atoms with Crippen LogP contribution in [0.2, 0.25) is 0 Å². The van der Waals surface area contributed by atoms with Gasteiger partial charge in [-0.05, 0) is 67.1 Å². The average Bonchev–Trinajstić information content (AvgIpc) is 3.07. The molecule has 0 unspecified atom stereocenters. The van der Waals surface area contributed by atoms with Crippen molar-refractivity contribution in [1.29, 1.82) is 0 Å². The number of hydrogen-bond acceptors (Lipinski definition) is 7. The maximum absolute atomic E-state index is 12.6. The third kappa shape index (κ3) is 6.83. The molecule has 3 N–H and O–H groups in total.